The molecule has 3 atom stereocenters. The molecule has 3 aliphatic rings. The molecule has 0 radical (unpaired) electrons. The van der Waals surface area contributed by atoms with E-state index in [1.54, 1.807) is 0 Å². The third-order valence-electron chi connectivity index (χ3n) is 10.8. The summed E-state index contributed by atoms with van der Waals surface area (Å²) < 4.78 is 152. The number of halogens is 9. The van der Waals surface area contributed by atoms with Crippen molar-refractivity contribution < 1.29 is 53.1 Å². The highest BCUT2D eigenvalue weighted by molar-refractivity contribution is 7.91. The van der Waals surface area contributed by atoms with Gasteiger partial charge in [0.05, 0.1) is 57.8 Å². The molecule has 4 N–H and O–H groups in total. The lowest BCUT2D eigenvalue weighted by Gasteiger charge is -2.26. The van der Waals surface area contributed by atoms with Crippen molar-refractivity contribution in [2.45, 2.75) is 68.2 Å². The summed E-state index contributed by atoms with van der Waals surface area (Å²) in [6, 6.07) is 7.02. The molecule has 23 heteroatoms. The maximum Gasteiger partial charge on any atom is 0.293 e. The van der Waals surface area contributed by atoms with Gasteiger partial charge in [0, 0.05) is 30.0 Å². The summed E-state index contributed by atoms with van der Waals surface area (Å²) in [6.45, 7) is -2.19. The number of anilines is 1. The minimum atomic E-state index is -4.21. The first-order valence-electron chi connectivity index (χ1n) is 18.9. The van der Waals surface area contributed by atoms with E-state index in [2.05, 4.69) is 25.1 Å². The van der Waals surface area contributed by atoms with Crippen LogP contribution < -0.4 is 26.7 Å². The normalized spacial score (nSPS) is 18.5. The number of carbonyl (C=O) groups excluding carboxylic acids is 1. The Morgan fingerprint density at radius 3 is 2.44 bits per heavy atom. The maximum atomic E-state index is 15.5. The molecular formula is C39H33ClF8N8O5S. The minimum Gasteiger partial charge on any atom is -0.497 e. The molecule has 2 aromatic heterocycles. The van der Waals surface area contributed by atoms with Crippen LogP contribution in [0.5, 0.6) is 5.75 Å². The molecule has 62 heavy (non-hydrogen) atoms. The summed E-state index contributed by atoms with van der Waals surface area (Å²) in [6.07, 6.45) is -6.36. The number of hydrogen-bond acceptors (Lipinski definition) is 8. The van der Waals surface area contributed by atoms with E-state index in [4.69, 9.17) is 22.1 Å². The van der Waals surface area contributed by atoms with Crippen LogP contribution >= 0.6 is 11.6 Å². The number of carbonyl (C=O) groups is 1. The van der Waals surface area contributed by atoms with Crippen molar-refractivity contribution in [3.63, 3.8) is 0 Å². The summed E-state index contributed by atoms with van der Waals surface area (Å²) in [5.41, 5.74) is 1.73. The Hall–Kier alpha value is -5.77. The first-order valence-corrected chi connectivity index (χ1v) is 20.7. The summed E-state index contributed by atoms with van der Waals surface area (Å²) in [5.74, 6) is -10.0. The molecule has 0 saturated heterocycles. The summed E-state index contributed by atoms with van der Waals surface area (Å²) in [7, 11) is -2.89. The van der Waals surface area contributed by atoms with Crippen LogP contribution in [0.4, 0.5) is 40.8 Å². The zero-order valence-electron chi connectivity index (χ0n) is 32.0. The van der Waals surface area contributed by atoms with Gasteiger partial charge < -0.3 is 21.1 Å². The van der Waals surface area contributed by atoms with Crippen LogP contribution in [0.2, 0.25) is 5.02 Å². The van der Waals surface area contributed by atoms with Crippen molar-refractivity contribution in [3.05, 3.63) is 109 Å². The average Bonchev–Trinajstić information content (AvgIpc) is 4.12. The number of rotatable bonds is 15. The Labute approximate surface area is 351 Å². The standard InChI is InChI=1S/C39H33ClF8N8O5S/c1-61-19-2-5-21-25(12-19)52-37(56(38(21)58)27-7-6-24(40)31(32(27)50-14-28(43)44)36(49)54-62(59,60)20-3-4-20)26(10-16-8-17(41)11-18(42)9-16)51-29(57)15-55-34-30(33(53-55)35(45)46)22-13-23(22)39(34,47)48/h2,5-9,11-12,20,22-23,26,28,35,50H,3-4,10,13-15H2,1H3,(H2,49,54)(H,51,57)/t22?,23-,26?/m1/s1. The number of nitrogens with zero attached hydrogens (tertiary/aromatic N) is 5. The number of ether oxygens (including phenoxy) is 1. The molecule has 5 aromatic rings. The number of amidine groups is 1. The number of nitrogens with one attached hydrogen (secondary N) is 2. The van der Waals surface area contributed by atoms with E-state index < -0.39 is 129 Å². The highest BCUT2D eigenvalue weighted by Crippen LogP contribution is 2.68. The van der Waals surface area contributed by atoms with E-state index in [-0.39, 0.29) is 57.8 Å². The first-order chi connectivity index (χ1) is 29.3. The Balaban J connectivity index is 1.33. The SMILES string of the molecule is COc1ccc2c(=O)n(-c3ccc(Cl)c(C(N)=NS(=O)(=O)C4CC4)c3NCC(F)F)c(C(Cc3cc(F)cc(F)c3)NC(=O)Cn3nc(C(F)F)c4c3C(F)(F)[C@@H]3CC43)nc2c1. The van der Waals surface area contributed by atoms with Gasteiger partial charge in [-0.3, -0.25) is 18.8 Å². The van der Waals surface area contributed by atoms with Crippen LogP contribution in [-0.2, 0) is 33.7 Å². The van der Waals surface area contributed by atoms with Gasteiger partial charge in [0.1, 0.15) is 47.0 Å². The molecule has 2 saturated carbocycles. The highest BCUT2D eigenvalue weighted by atomic mass is 35.5. The van der Waals surface area contributed by atoms with Gasteiger partial charge in [-0.15, -0.1) is 4.40 Å². The molecule has 8 rings (SSSR count). The van der Waals surface area contributed by atoms with Gasteiger partial charge >= 0.3 is 0 Å². The highest BCUT2D eigenvalue weighted by Gasteiger charge is 2.67. The molecule has 13 nitrogen and oxygen atoms in total. The second-order valence-electron chi connectivity index (χ2n) is 15.1. The Kier molecular flexibility index (Phi) is 11.0. The predicted octanol–water partition coefficient (Wildman–Crippen LogP) is 6.64. The molecule has 1 amide bonds. The molecule has 2 unspecified atom stereocenters. The number of amides is 1. The number of aromatic nitrogens is 4. The van der Waals surface area contributed by atoms with Crippen molar-refractivity contribution in [2.75, 3.05) is 19.0 Å². The van der Waals surface area contributed by atoms with Gasteiger partial charge in [-0.25, -0.2) is 39.7 Å². The second-order valence-corrected chi connectivity index (χ2v) is 17.3. The topological polar surface area (TPSA) is 176 Å². The average molecular weight is 913 g/mol. The number of methoxy groups -OCH3 is 1. The van der Waals surface area contributed by atoms with Gasteiger partial charge in [-0.05, 0) is 67.1 Å². The van der Waals surface area contributed by atoms with Gasteiger partial charge in [-0.1, -0.05) is 11.6 Å². The van der Waals surface area contributed by atoms with E-state index in [9.17, 15) is 44.3 Å². The van der Waals surface area contributed by atoms with Crippen LogP contribution in [-0.4, -0.2) is 64.8 Å². The minimum absolute atomic E-state index is 0.0474. The number of fused-ring (bicyclic) bond motifs is 4. The Morgan fingerprint density at radius 2 is 1.79 bits per heavy atom. The van der Waals surface area contributed by atoms with Gasteiger partial charge in [0.25, 0.3) is 34.4 Å². The molecule has 3 aliphatic carbocycles. The van der Waals surface area contributed by atoms with Crippen LogP contribution in [0, 0.1) is 17.6 Å². The quantitative estimate of drug-likeness (QED) is 0.0591. The predicted molar refractivity (Wildman–Crippen MR) is 209 cm³/mol. The number of benzene rings is 3. The lowest BCUT2D eigenvalue weighted by atomic mass is 10.0. The fourth-order valence-electron chi connectivity index (χ4n) is 7.89. The second kappa shape index (κ2) is 15.9. The number of sulfonamides is 1. The summed E-state index contributed by atoms with van der Waals surface area (Å²) in [5, 5.41) is 7.39. The first kappa shape index (κ1) is 42.9. The van der Waals surface area contributed by atoms with Crippen molar-refractivity contribution in [1.82, 2.24) is 24.6 Å². The monoisotopic (exact) mass is 912 g/mol. The number of nitrogens with two attached hydrogens (primary N) is 1. The van der Waals surface area contributed by atoms with Gasteiger partial charge in [0.2, 0.25) is 5.91 Å². The van der Waals surface area contributed by atoms with Crippen molar-refractivity contribution in [2.24, 2.45) is 16.0 Å². The van der Waals surface area contributed by atoms with Crippen molar-refractivity contribution >= 4 is 50.0 Å². The fourth-order valence-corrected chi connectivity index (χ4v) is 9.39. The molecule has 0 spiro atoms. The molecule has 328 valence electrons. The largest absolute Gasteiger partial charge is 0.497 e. The third-order valence-corrected chi connectivity index (χ3v) is 12.9. The zero-order chi connectivity index (χ0) is 44.6. The Bertz CT molecular complexity index is 2830. The Morgan fingerprint density at radius 1 is 1.08 bits per heavy atom. The van der Waals surface area contributed by atoms with Gasteiger partial charge in [-0.2, -0.15) is 13.9 Å². The van der Waals surface area contributed by atoms with Crippen LogP contribution in [0.15, 0.2) is 57.7 Å². The van der Waals surface area contributed by atoms with E-state index in [0.717, 1.165) is 28.8 Å². The lowest BCUT2D eigenvalue weighted by Crippen LogP contribution is -2.38. The summed E-state index contributed by atoms with van der Waals surface area (Å²) >= 11 is 6.53. The van der Waals surface area contributed by atoms with Crippen molar-refractivity contribution in [1.29, 1.82) is 0 Å². The van der Waals surface area contributed by atoms with Crippen LogP contribution in [0.1, 0.15) is 71.6 Å². The maximum absolute atomic E-state index is 15.5. The molecular weight excluding hydrogens is 880 g/mol. The van der Waals surface area contributed by atoms with E-state index >= 15 is 8.78 Å². The fraction of sp³-hybridized carbons (Fsp3) is 0.359. The number of alkyl halides is 6. The zero-order valence-corrected chi connectivity index (χ0v) is 33.6. The van der Waals surface area contributed by atoms with E-state index in [1.165, 1.54) is 25.3 Å². The molecule has 2 heterocycles. The molecule has 0 aliphatic heterocycles. The lowest BCUT2D eigenvalue weighted by molar-refractivity contribution is -0.123. The van der Waals surface area contributed by atoms with Crippen LogP contribution in [0.3, 0.4) is 0 Å². The molecule has 2 fully saturated rings. The van der Waals surface area contributed by atoms with E-state index in [0.29, 0.717) is 10.7 Å². The van der Waals surface area contributed by atoms with Gasteiger partial charge in [0.15, 0.2) is 0 Å². The number of hydrogen-bond donors (Lipinski definition) is 3. The third kappa shape index (κ3) is 7.93. The van der Waals surface area contributed by atoms with Crippen molar-refractivity contribution in [3.8, 4) is 11.4 Å². The molecule has 3 aromatic carbocycles. The molecule has 0 bridgehead atoms. The van der Waals surface area contributed by atoms with Crippen LogP contribution in [0.25, 0.3) is 16.6 Å². The summed E-state index contributed by atoms with van der Waals surface area (Å²) in [4.78, 5) is 33.5. The van der Waals surface area contributed by atoms with E-state index in [1.807, 2.05) is 0 Å². The smallest absolute Gasteiger partial charge is 0.293 e.